The van der Waals surface area contributed by atoms with Crippen molar-refractivity contribution in [3.63, 3.8) is 0 Å². The van der Waals surface area contributed by atoms with Crippen molar-refractivity contribution in [3.8, 4) is 0 Å². The molecular weight excluding hydrogens is 164 g/mol. The Morgan fingerprint density at radius 3 is 3.31 bits per heavy atom. The number of aromatic nitrogens is 1. The number of likely N-dealkylation sites (N-methyl/N-ethyl adjacent to an activating group) is 1. The van der Waals surface area contributed by atoms with Crippen LogP contribution < -0.4 is 5.32 Å². The van der Waals surface area contributed by atoms with E-state index in [4.69, 9.17) is 4.52 Å². The van der Waals surface area contributed by atoms with Gasteiger partial charge >= 0.3 is 0 Å². The molecular formula is C10H16N2O. The summed E-state index contributed by atoms with van der Waals surface area (Å²) in [6.45, 7) is 3.33. The molecule has 72 valence electrons. The molecule has 13 heavy (non-hydrogen) atoms. The summed E-state index contributed by atoms with van der Waals surface area (Å²) in [5, 5.41) is 7.10. The van der Waals surface area contributed by atoms with Crippen LogP contribution in [0, 0.1) is 5.92 Å². The lowest BCUT2D eigenvalue weighted by molar-refractivity contribution is 0.328. The van der Waals surface area contributed by atoms with Crippen LogP contribution in [-0.2, 0) is 6.42 Å². The van der Waals surface area contributed by atoms with Gasteiger partial charge in [0.2, 0.25) is 0 Å². The zero-order valence-electron chi connectivity index (χ0n) is 8.21. The van der Waals surface area contributed by atoms with Crippen molar-refractivity contribution in [1.29, 1.82) is 0 Å². The highest BCUT2D eigenvalue weighted by Crippen LogP contribution is 2.35. The van der Waals surface area contributed by atoms with Crippen molar-refractivity contribution in [2.24, 2.45) is 5.92 Å². The number of nitrogens with one attached hydrogen (secondary N) is 1. The Kier molecular flexibility index (Phi) is 2.36. The number of hydrogen-bond acceptors (Lipinski definition) is 3. The molecule has 0 amide bonds. The first-order chi connectivity index (χ1) is 6.33. The molecule has 1 aliphatic rings. The number of fused-ring (bicyclic) bond motifs is 1. The van der Waals surface area contributed by atoms with E-state index in [9.17, 15) is 0 Å². The van der Waals surface area contributed by atoms with Gasteiger partial charge in [-0.3, -0.25) is 0 Å². The van der Waals surface area contributed by atoms with Crippen LogP contribution in [0.1, 0.15) is 30.6 Å². The van der Waals surface area contributed by atoms with E-state index >= 15 is 0 Å². The molecule has 0 aromatic carbocycles. The molecule has 1 heterocycles. The van der Waals surface area contributed by atoms with E-state index < -0.39 is 0 Å². The molecule has 2 unspecified atom stereocenters. The number of hydrogen-bond donors (Lipinski definition) is 1. The summed E-state index contributed by atoms with van der Waals surface area (Å²) in [5.74, 6) is 2.41. The molecule has 2 rings (SSSR count). The summed E-state index contributed by atoms with van der Waals surface area (Å²) in [6.07, 6.45) is 4.15. The van der Waals surface area contributed by atoms with E-state index in [2.05, 4.69) is 17.4 Å². The van der Waals surface area contributed by atoms with Gasteiger partial charge in [0.05, 0.1) is 6.20 Å². The normalized spacial score (nSPS) is 27.2. The molecule has 0 fully saturated rings. The fourth-order valence-corrected chi connectivity index (χ4v) is 2.16. The summed E-state index contributed by atoms with van der Waals surface area (Å²) in [5.41, 5.74) is 1.31. The summed E-state index contributed by atoms with van der Waals surface area (Å²) in [6, 6.07) is 0. The fourth-order valence-electron chi connectivity index (χ4n) is 2.16. The van der Waals surface area contributed by atoms with Crippen molar-refractivity contribution in [2.75, 3.05) is 13.6 Å². The Bertz CT molecular complexity index is 282. The van der Waals surface area contributed by atoms with Crippen LogP contribution in [0.3, 0.4) is 0 Å². The molecule has 1 aliphatic carbocycles. The summed E-state index contributed by atoms with van der Waals surface area (Å²) in [7, 11) is 1.99. The van der Waals surface area contributed by atoms with Crippen LogP contribution in [0.25, 0.3) is 0 Å². The highest BCUT2D eigenvalue weighted by Gasteiger charge is 2.28. The molecule has 1 aromatic rings. The zero-order chi connectivity index (χ0) is 9.26. The molecule has 3 heteroatoms. The van der Waals surface area contributed by atoms with Crippen LogP contribution >= 0.6 is 0 Å². The first-order valence-corrected chi connectivity index (χ1v) is 4.91. The Hall–Kier alpha value is -0.830. The minimum Gasteiger partial charge on any atom is -0.361 e. The Balaban J connectivity index is 2.25. The Morgan fingerprint density at radius 2 is 2.54 bits per heavy atom. The number of aryl methyl sites for hydroxylation is 1. The minimum absolute atomic E-state index is 0.583. The summed E-state index contributed by atoms with van der Waals surface area (Å²) < 4.78 is 5.20. The smallest absolute Gasteiger partial charge is 0.140 e. The SMILES string of the molecule is CNCC1c2cnoc2CCC1C. The molecule has 0 bridgehead atoms. The summed E-state index contributed by atoms with van der Waals surface area (Å²) >= 11 is 0. The van der Waals surface area contributed by atoms with E-state index in [1.807, 2.05) is 13.2 Å². The molecule has 1 N–H and O–H groups in total. The standard InChI is InChI=1S/C10H16N2O/c1-7-3-4-10-9(6-12-13-10)8(7)5-11-2/h6-8,11H,3-5H2,1-2H3. The molecule has 0 saturated heterocycles. The molecule has 0 radical (unpaired) electrons. The third-order valence-corrected chi connectivity index (χ3v) is 3.01. The van der Waals surface area contributed by atoms with Gasteiger partial charge in [-0.1, -0.05) is 12.1 Å². The maximum atomic E-state index is 5.20. The van der Waals surface area contributed by atoms with Crippen molar-refractivity contribution >= 4 is 0 Å². The zero-order valence-corrected chi connectivity index (χ0v) is 8.21. The van der Waals surface area contributed by atoms with Gasteiger partial charge in [-0.15, -0.1) is 0 Å². The molecule has 2 atom stereocenters. The first-order valence-electron chi connectivity index (χ1n) is 4.91. The predicted octanol–water partition coefficient (Wildman–Crippen LogP) is 1.56. The van der Waals surface area contributed by atoms with E-state index in [-0.39, 0.29) is 0 Å². The first kappa shape index (κ1) is 8.75. The average molecular weight is 180 g/mol. The Labute approximate surface area is 78.5 Å². The maximum Gasteiger partial charge on any atom is 0.140 e. The summed E-state index contributed by atoms with van der Waals surface area (Å²) in [4.78, 5) is 0. The van der Waals surface area contributed by atoms with Gasteiger partial charge in [-0.05, 0) is 19.4 Å². The van der Waals surface area contributed by atoms with Gasteiger partial charge in [-0.25, -0.2) is 0 Å². The van der Waals surface area contributed by atoms with Gasteiger partial charge in [-0.2, -0.15) is 0 Å². The van der Waals surface area contributed by atoms with E-state index in [1.54, 1.807) is 0 Å². The third kappa shape index (κ3) is 1.48. The van der Waals surface area contributed by atoms with Gasteiger partial charge in [0.25, 0.3) is 0 Å². The van der Waals surface area contributed by atoms with Crippen LogP contribution in [0.2, 0.25) is 0 Å². The van der Waals surface area contributed by atoms with Crippen molar-refractivity contribution in [1.82, 2.24) is 10.5 Å². The monoisotopic (exact) mass is 180 g/mol. The second kappa shape index (κ2) is 3.50. The lowest BCUT2D eigenvalue weighted by Crippen LogP contribution is -2.26. The molecule has 0 spiro atoms. The second-order valence-electron chi connectivity index (χ2n) is 3.88. The fraction of sp³-hybridized carbons (Fsp3) is 0.700. The van der Waals surface area contributed by atoms with Crippen LogP contribution in [0.15, 0.2) is 10.7 Å². The van der Waals surface area contributed by atoms with Crippen molar-refractivity contribution < 1.29 is 4.52 Å². The predicted molar refractivity (Wildman–Crippen MR) is 50.7 cm³/mol. The van der Waals surface area contributed by atoms with Crippen molar-refractivity contribution in [3.05, 3.63) is 17.5 Å². The van der Waals surface area contributed by atoms with Gasteiger partial charge in [0.1, 0.15) is 5.76 Å². The lowest BCUT2D eigenvalue weighted by atomic mass is 9.79. The van der Waals surface area contributed by atoms with Crippen molar-refractivity contribution in [2.45, 2.75) is 25.7 Å². The van der Waals surface area contributed by atoms with Gasteiger partial charge in [0.15, 0.2) is 0 Å². The van der Waals surface area contributed by atoms with Gasteiger partial charge in [0, 0.05) is 24.4 Å². The van der Waals surface area contributed by atoms with Crippen LogP contribution in [0.5, 0.6) is 0 Å². The molecule has 1 aromatic heterocycles. The van der Waals surface area contributed by atoms with Crippen LogP contribution in [0.4, 0.5) is 0 Å². The van der Waals surface area contributed by atoms with Gasteiger partial charge < -0.3 is 9.84 Å². The maximum absolute atomic E-state index is 5.20. The largest absolute Gasteiger partial charge is 0.361 e. The highest BCUT2D eigenvalue weighted by atomic mass is 16.5. The minimum atomic E-state index is 0.583. The molecule has 0 aliphatic heterocycles. The lowest BCUT2D eigenvalue weighted by Gasteiger charge is -2.27. The van der Waals surface area contributed by atoms with E-state index in [1.165, 1.54) is 12.0 Å². The highest BCUT2D eigenvalue weighted by molar-refractivity contribution is 5.23. The second-order valence-corrected chi connectivity index (χ2v) is 3.88. The molecule has 0 saturated carbocycles. The third-order valence-electron chi connectivity index (χ3n) is 3.01. The topological polar surface area (TPSA) is 38.1 Å². The average Bonchev–Trinajstić information content (AvgIpc) is 2.58. The van der Waals surface area contributed by atoms with Crippen LogP contribution in [-0.4, -0.2) is 18.7 Å². The van der Waals surface area contributed by atoms with E-state index in [0.29, 0.717) is 5.92 Å². The molecule has 3 nitrogen and oxygen atoms in total. The quantitative estimate of drug-likeness (QED) is 0.750. The number of nitrogens with zero attached hydrogens (tertiary/aromatic N) is 1. The van der Waals surface area contributed by atoms with E-state index in [0.717, 1.165) is 24.6 Å². The number of rotatable bonds is 2. The Morgan fingerprint density at radius 1 is 1.69 bits per heavy atom.